The maximum Gasteiger partial charge on any atom is 0.573 e. The van der Waals surface area contributed by atoms with Gasteiger partial charge in [0, 0.05) is 5.57 Å². The first kappa shape index (κ1) is 33.2. The van der Waals surface area contributed by atoms with Crippen LogP contribution in [0.1, 0.15) is 27.8 Å². The number of nitriles is 1. The van der Waals surface area contributed by atoms with Crippen molar-refractivity contribution in [3.63, 3.8) is 0 Å². The number of nitrogens with zero attached hydrogens (tertiary/aromatic N) is 1. The molecule has 3 aromatic rings. The van der Waals surface area contributed by atoms with E-state index in [9.17, 15) is 79.9 Å². The number of allylic oxidation sites excluding steroid dienone is 1. The van der Waals surface area contributed by atoms with Crippen LogP contribution in [0.4, 0.5) is 74.6 Å². The second-order valence-corrected chi connectivity index (χ2v) is 8.69. The molecule has 0 N–H and O–H groups in total. The molecule has 0 amide bonds. The van der Waals surface area contributed by atoms with Crippen LogP contribution in [0.25, 0.3) is 22.3 Å². The van der Waals surface area contributed by atoms with Crippen LogP contribution >= 0.6 is 0 Å². The summed E-state index contributed by atoms with van der Waals surface area (Å²) in [5.74, 6) is -18.2. The van der Waals surface area contributed by atoms with Gasteiger partial charge in [-0.3, -0.25) is 0 Å². The highest BCUT2D eigenvalue weighted by molar-refractivity contribution is 6.14. The zero-order chi connectivity index (χ0) is 34.2. The monoisotopic (exact) mass is 673 g/mol. The Hall–Kier alpha value is -4.70. The molecule has 0 heterocycles. The fourth-order valence-corrected chi connectivity index (χ4v) is 4.36. The maximum absolute atomic E-state index is 14.7. The van der Waals surface area contributed by atoms with Crippen LogP contribution < -0.4 is 9.47 Å². The molecule has 20 heteroatoms. The smallest absolute Gasteiger partial charge is 0.405 e. The van der Waals surface area contributed by atoms with E-state index in [-0.39, 0.29) is 24.3 Å². The highest BCUT2D eigenvalue weighted by Crippen LogP contribution is 2.55. The highest BCUT2D eigenvalue weighted by Gasteiger charge is 2.45. The molecule has 0 saturated carbocycles. The standard InChI is InChI=1S/C25H4F17NO2/c26-17-16(18(27)20(29)21(30)19(17)28)10(5-43)15-8-3-13(44-24(37,38)39)11(22(31,32)33)1-6(8)7-2-12(23(34,35)36)14(4-9(7)15)45-25(40,41)42/h1-4H. The number of alkyl halides is 12. The fraction of sp³-hybridized carbons (Fsp3) is 0.160. The van der Waals surface area contributed by atoms with E-state index in [0.717, 1.165) is 6.07 Å². The summed E-state index contributed by atoms with van der Waals surface area (Å²) in [4.78, 5) is 0. The minimum atomic E-state index is -5.92. The van der Waals surface area contributed by atoms with Gasteiger partial charge in [-0.05, 0) is 46.5 Å². The van der Waals surface area contributed by atoms with Gasteiger partial charge >= 0.3 is 25.1 Å². The van der Waals surface area contributed by atoms with E-state index < -0.39 is 116 Å². The summed E-state index contributed by atoms with van der Waals surface area (Å²) in [5, 5.41) is 9.71. The molecule has 0 fully saturated rings. The summed E-state index contributed by atoms with van der Waals surface area (Å²) < 4.78 is 238. The average molecular weight is 673 g/mol. The van der Waals surface area contributed by atoms with Gasteiger partial charge in [-0.15, -0.1) is 26.3 Å². The van der Waals surface area contributed by atoms with E-state index in [1.54, 1.807) is 0 Å². The first-order chi connectivity index (χ1) is 20.4. The molecule has 1 aliphatic rings. The molecule has 0 radical (unpaired) electrons. The van der Waals surface area contributed by atoms with Gasteiger partial charge in [0.05, 0.1) is 22.3 Å². The quantitative estimate of drug-likeness (QED) is 0.0942. The second kappa shape index (κ2) is 10.4. The van der Waals surface area contributed by atoms with E-state index >= 15 is 0 Å². The summed E-state index contributed by atoms with van der Waals surface area (Å²) in [6, 6.07) is -0.183. The molecule has 4 rings (SSSR count). The lowest BCUT2D eigenvalue weighted by Crippen LogP contribution is -2.20. The highest BCUT2D eigenvalue weighted by atomic mass is 19.4. The third kappa shape index (κ3) is 6.02. The van der Waals surface area contributed by atoms with Crippen molar-refractivity contribution in [2.75, 3.05) is 0 Å². The molecule has 0 spiro atoms. The number of ether oxygens (including phenoxy) is 2. The molecule has 45 heavy (non-hydrogen) atoms. The minimum absolute atomic E-state index is 0.248. The van der Waals surface area contributed by atoms with Crippen molar-refractivity contribution < 1.29 is 84.1 Å². The summed E-state index contributed by atoms with van der Waals surface area (Å²) in [6.45, 7) is 0. The Morgan fingerprint density at radius 1 is 0.511 bits per heavy atom. The topological polar surface area (TPSA) is 42.2 Å². The molecule has 1 aliphatic carbocycles. The largest absolute Gasteiger partial charge is 0.573 e. The van der Waals surface area contributed by atoms with Gasteiger partial charge in [0.1, 0.15) is 17.6 Å². The molecule has 0 unspecified atom stereocenters. The SMILES string of the molecule is N#CC(=C1c2cc(OC(F)(F)F)c(C(F)(F)F)cc2-c2cc(C(F)(F)F)c(OC(F)(F)F)cc21)c1c(F)c(F)c(F)c(F)c1F. The van der Waals surface area contributed by atoms with Gasteiger partial charge in [0.25, 0.3) is 0 Å². The molecule has 240 valence electrons. The van der Waals surface area contributed by atoms with E-state index in [1.807, 2.05) is 0 Å². The molecular weight excluding hydrogens is 669 g/mol. The number of hydrogen-bond acceptors (Lipinski definition) is 3. The Labute approximate surface area is 236 Å². The summed E-state index contributed by atoms with van der Waals surface area (Å²) in [5.41, 5.74) is -15.2. The fourth-order valence-electron chi connectivity index (χ4n) is 4.36. The van der Waals surface area contributed by atoms with Crippen molar-refractivity contribution in [2.45, 2.75) is 25.1 Å². The number of rotatable bonds is 3. The van der Waals surface area contributed by atoms with E-state index in [1.165, 1.54) is 0 Å². The first-order valence-corrected chi connectivity index (χ1v) is 11.1. The van der Waals surface area contributed by atoms with Crippen LogP contribution in [0.15, 0.2) is 24.3 Å². The lowest BCUT2D eigenvalue weighted by atomic mass is 9.92. The summed E-state index contributed by atoms with van der Waals surface area (Å²) in [7, 11) is 0. The van der Waals surface area contributed by atoms with Gasteiger partial charge in [-0.1, -0.05) is 0 Å². The van der Waals surface area contributed by atoms with Crippen LogP contribution in [-0.2, 0) is 12.4 Å². The molecule has 0 bridgehead atoms. The Balaban J connectivity index is 2.29. The van der Waals surface area contributed by atoms with Gasteiger partial charge < -0.3 is 9.47 Å². The van der Waals surface area contributed by atoms with Gasteiger partial charge in [-0.25, -0.2) is 22.0 Å². The van der Waals surface area contributed by atoms with Crippen LogP contribution in [0, 0.1) is 40.4 Å². The normalized spacial score (nSPS) is 13.4. The van der Waals surface area contributed by atoms with E-state index in [2.05, 4.69) is 9.47 Å². The molecule has 0 saturated heterocycles. The van der Waals surface area contributed by atoms with Crippen LogP contribution in [0.5, 0.6) is 11.5 Å². The van der Waals surface area contributed by atoms with Gasteiger partial charge in [0.15, 0.2) is 23.3 Å². The minimum Gasteiger partial charge on any atom is -0.405 e. The zero-order valence-electron chi connectivity index (χ0n) is 20.5. The van der Waals surface area contributed by atoms with Crippen molar-refractivity contribution >= 4 is 11.1 Å². The van der Waals surface area contributed by atoms with Crippen molar-refractivity contribution in [1.29, 1.82) is 5.26 Å². The summed E-state index contributed by atoms with van der Waals surface area (Å²) >= 11 is 0. The van der Waals surface area contributed by atoms with Crippen molar-refractivity contribution in [3.05, 3.63) is 81.2 Å². The molecule has 3 nitrogen and oxygen atoms in total. The lowest BCUT2D eigenvalue weighted by molar-refractivity contribution is -0.277. The van der Waals surface area contributed by atoms with Gasteiger partial charge in [0.2, 0.25) is 5.82 Å². The van der Waals surface area contributed by atoms with Crippen molar-refractivity contribution in [1.82, 2.24) is 0 Å². The van der Waals surface area contributed by atoms with Crippen molar-refractivity contribution in [2.24, 2.45) is 0 Å². The maximum atomic E-state index is 14.7. The number of benzene rings is 3. The van der Waals surface area contributed by atoms with Crippen LogP contribution in [0.3, 0.4) is 0 Å². The first-order valence-electron chi connectivity index (χ1n) is 11.1. The van der Waals surface area contributed by atoms with Gasteiger partial charge in [-0.2, -0.15) is 31.6 Å². The third-order valence-electron chi connectivity index (χ3n) is 5.95. The molecule has 0 aliphatic heterocycles. The molecule has 3 aromatic carbocycles. The van der Waals surface area contributed by atoms with E-state index in [4.69, 9.17) is 0 Å². The van der Waals surface area contributed by atoms with Crippen LogP contribution in [-0.4, -0.2) is 12.7 Å². The Kier molecular flexibility index (Phi) is 7.70. The molecular formula is C25H4F17NO2. The van der Waals surface area contributed by atoms with Crippen LogP contribution in [0.2, 0.25) is 0 Å². The predicted molar refractivity (Wildman–Crippen MR) is 113 cm³/mol. The third-order valence-corrected chi connectivity index (χ3v) is 5.95. The molecule has 0 aromatic heterocycles. The number of fused-ring (bicyclic) bond motifs is 3. The Morgan fingerprint density at radius 3 is 1.13 bits per heavy atom. The van der Waals surface area contributed by atoms with Crippen molar-refractivity contribution in [3.8, 4) is 28.7 Å². The number of halogens is 17. The summed E-state index contributed by atoms with van der Waals surface area (Å²) in [6.07, 6.45) is -23.4. The second-order valence-electron chi connectivity index (χ2n) is 8.69. The number of hydrogen-bond donors (Lipinski definition) is 0. The Bertz CT molecular complexity index is 1690. The van der Waals surface area contributed by atoms with E-state index in [0.29, 0.717) is 0 Å². The predicted octanol–water partition coefficient (Wildman–Crippen LogP) is 9.68. The zero-order valence-corrected chi connectivity index (χ0v) is 20.5. The average Bonchev–Trinajstić information content (AvgIpc) is 3.16. The lowest BCUT2D eigenvalue weighted by Gasteiger charge is -2.18. The molecule has 0 atom stereocenters. The Morgan fingerprint density at radius 2 is 0.844 bits per heavy atom.